The number of nitrogens with two attached hydrogens (primary N) is 2. The molecule has 1 saturated heterocycles. The SMILES string of the molecule is COc1cnc(C(F)F)cc1-c1cc(C2CCN(C)C2=O)ccc1CN=C(N)SC(N)C#CC1CC1. The van der Waals surface area contributed by atoms with E-state index < -0.39 is 11.8 Å². The number of likely N-dealkylation sites (N-methyl/N-ethyl adjacent to an activating group) is 1. The number of carbonyl (C=O) groups is 1. The molecule has 1 aromatic heterocycles. The van der Waals surface area contributed by atoms with Gasteiger partial charge in [-0.3, -0.25) is 14.8 Å². The number of halogens is 2. The van der Waals surface area contributed by atoms with Crippen molar-refractivity contribution in [2.45, 2.75) is 43.5 Å². The highest BCUT2D eigenvalue weighted by molar-refractivity contribution is 8.14. The van der Waals surface area contributed by atoms with Crippen LogP contribution < -0.4 is 16.2 Å². The van der Waals surface area contributed by atoms with Gasteiger partial charge in [0.1, 0.15) is 16.8 Å². The molecule has 4 rings (SSSR count). The van der Waals surface area contributed by atoms with Crippen molar-refractivity contribution in [1.29, 1.82) is 0 Å². The minimum atomic E-state index is -2.74. The molecule has 190 valence electrons. The van der Waals surface area contributed by atoms with Crippen LogP contribution in [0, 0.1) is 17.8 Å². The van der Waals surface area contributed by atoms with Gasteiger partial charge in [0.2, 0.25) is 5.91 Å². The Hall–Kier alpha value is -3.16. The van der Waals surface area contributed by atoms with Gasteiger partial charge in [0.15, 0.2) is 5.17 Å². The molecule has 10 heteroatoms. The number of methoxy groups -OCH3 is 1. The Morgan fingerprint density at radius 1 is 1.31 bits per heavy atom. The average Bonchev–Trinajstić information content (AvgIpc) is 3.64. The van der Waals surface area contributed by atoms with Crippen LogP contribution in [0.25, 0.3) is 11.1 Å². The fraction of sp³-hybridized carbons (Fsp3) is 0.423. The average molecular weight is 514 g/mol. The second kappa shape index (κ2) is 11.3. The summed E-state index contributed by atoms with van der Waals surface area (Å²) in [5.41, 5.74) is 14.4. The molecule has 1 amide bonds. The number of alkyl halides is 2. The number of aromatic nitrogens is 1. The number of carbonyl (C=O) groups excluding carboxylic acids is 1. The van der Waals surface area contributed by atoms with Gasteiger partial charge in [0.25, 0.3) is 6.43 Å². The maximum absolute atomic E-state index is 13.5. The largest absolute Gasteiger partial charge is 0.494 e. The molecule has 0 bridgehead atoms. The Morgan fingerprint density at radius 2 is 2.08 bits per heavy atom. The third-order valence-corrected chi connectivity index (χ3v) is 6.99. The van der Waals surface area contributed by atoms with Crippen molar-refractivity contribution in [3.8, 4) is 28.7 Å². The molecule has 1 aliphatic heterocycles. The van der Waals surface area contributed by atoms with Crippen molar-refractivity contribution in [2.24, 2.45) is 22.4 Å². The third-order valence-electron chi connectivity index (χ3n) is 6.25. The molecule has 2 heterocycles. The van der Waals surface area contributed by atoms with Crippen molar-refractivity contribution in [3.05, 3.63) is 47.3 Å². The van der Waals surface area contributed by atoms with Crippen LogP contribution in [0.2, 0.25) is 0 Å². The molecule has 1 aliphatic carbocycles. The van der Waals surface area contributed by atoms with Gasteiger partial charge in [-0.15, -0.1) is 0 Å². The van der Waals surface area contributed by atoms with Gasteiger partial charge in [-0.25, -0.2) is 8.78 Å². The number of hydrogen-bond donors (Lipinski definition) is 2. The topological polar surface area (TPSA) is 107 Å². The molecule has 2 fully saturated rings. The Morgan fingerprint density at radius 3 is 2.72 bits per heavy atom. The van der Waals surface area contributed by atoms with Crippen molar-refractivity contribution in [1.82, 2.24) is 9.88 Å². The van der Waals surface area contributed by atoms with Crippen molar-refractivity contribution < 1.29 is 18.3 Å². The number of aliphatic imine (C=N–C) groups is 1. The molecule has 4 N–H and O–H groups in total. The van der Waals surface area contributed by atoms with Gasteiger partial charge >= 0.3 is 0 Å². The zero-order chi connectivity index (χ0) is 25.8. The van der Waals surface area contributed by atoms with Crippen LogP contribution in [0.5, 0.6) is 5.75 Å². The van der Waals surface area contributed by atoms with Gasteiger partial charge in [0, 0.05) is 25.1 Å². The number of pyridine rings is 1. The first-order chi connectivity index (χ1) is 17.3. The van der Waals surface area contributed by atoms with E-state index in [4.69, 9.17) is 16.2 Å². The number of nitrogens with zero attached hydrogens (tertiary/aromatic N) is 3. The van der Waals surface area contributed by atoms with E-state index in [1.165, 1.54) is 31.1 Å². The summed E-state index contributed by atoms with van der Waals surface area (Å²) in [6.07, 6.45) is 1.45. The molecule has 2 unspecified atom stereocenters. The number of amidine groups is 1. The van der Waals surface area contributed by atoms with E-state index in [0.717, 1.165) is 24.0 Å². The number of hydrogen-bond acceptors (Lipinski definition) is 6. The minimum Gasteiger partial charge on any atom is -0.494 e. The van der Waals surface area contributed by atoms with E-state index in [1.807, 2.05) is 18.2 Å². The van der Waals surface area contributed by atoms with E-state index in [1.54, 1.807) is 11.9 Å². The third kappa shape index (κ3) is 6.15. The molecule has 7 nitrogen and oxygen atoms in total. The fourth-order valence-electron chi connectivity index (χ4n) is 4.07. The quantitative estimate of drug-likeness (QED) is 0.252. The zero-order valence-corrected chi connectivity index (χ0v) is 21.0. The lowest BCUT2D eigenvalue weighted by Gasteiger charge is -2.17. The van der Waals surface area contributed by atoms with Crippen LogP contribution in [0.1, 0.15) is 48.4 Å². The summed E-state index contributed by atoms with van der Waals surface area (Å²) >= 11 is 1.18. The summed E-state index contributed by atoms with van der Waals surface area (Å²) in [5, 5.41) is -0.194. The van der Waals surface area contributed by atoms with Crippen LogP contribution in [0.4, 0.5) is 8.78 Å². The lowest BCUT2D eigenvalue weighted by atomic mass is 9.90. The van der Waals surface area contributed by atoms with Gasteiger partial charge in [0.05, 0.1) is 25.8 Å². The molecule has 1 saturated carbocycles. The number of thioether (sulfide) groups is 1. The van der Waals surface area contributed by atoms with Gasteiger partial charge in [-0.2, -0.15) is 0 Å². The Kier molecular flexibility index (Phi) is 8.11. The van der Waals surface area contributed by atoms with E-state index in [-0.39, 0.29) is 29.2 Å². The van der Waals surface area contributed by atoms with E-state index >= 15 is 0 Å². The molecule has 0 radical (unpaired) electrons. The molecular formula is C26H29F2N5O2S. The van der Waals surface area contributed by atoms with Crippen molar-refractivity contribution in [2.75, 3.05) is 20.7 Å². The highest BCUT2D eigenvalue weighted by atomic mass is 32.2. The van der Waals surface area contributed by atoms with Crippen LogP contribution in [0.3, 0.4) is 0 Å². The number of rotatable bonds is 7. The van der Waals surface area contributed by atoms with Crippen LogP contribution in [-0.2, 0) is 11.3 Å². The maximum atomic E-state index is 13.5. The second-order valence-electron chi connectivity index (χ2n) is 8.88. The highest BCUT2D eigenvalue weighted by Gasteiger charge is 2.31. The summed E-state index contributed by atoms with van der Waals surface area (Å²) in [6, 6.07) is 6.91. The normalized spacial score (nSPS) is 18.8. The van der Waals surface area contributed by atoms with E-state index in [0.29, 0.717) is 35.8 Å². The first-order valence-electron chi connectivity index (χ1n) is 11.7. The summed E-state index contributed by atoms with van der Waals surface area (Å²) in [6.45, 7) is 0.849. The maximum Gasteiger partial charge on any atom is 0.280 e. The molecule has 0 spiro atoms. The summed E-state index contributed by atoms with van der Waals surface area (Å²) in [4.78, 5) is 22.6. The predicted molar refractivity (Wildman–Crippen MR) is 138 cm³/mol. The summed E-state index contributed by atoms with van der Waals surface area (Å²) in [5.74, 6) is 6.62. The molecule has 36 heavy (non-hydrogen) atoms. The van der Waals surface area contributed by atoms with Gasteiger partial charge in [-0.1, -0.05) is 35.7 Å². The van der Waals surface area contributed by atoms with Crippen LogP contribution in [-0.4, -0.2) is 47.0 Å². The van der Waals surface area contributed by atoms with E-state index in [2.05, 4.69) is 21.8 Å². The minimum absolute atomic E-state index is 0.0311. The number of benzene rings is 1. The summed E-state index contributed by atoms with van der Waals surface area (Å²) < 4.78 is 32.4. The van der Waals surface area contributed by atoms with Gasteiger partial charge in [-0.05, 0) is 48.1 Å². The fourth-order valence-corrected chi connectivity index (χ4v) is 4.60. The number of likely N-dealkylation sites (tertiary alicyclic amines) is 1. The van der Waals surface area contributed by atoms with Crippen LogP contribution >= 0.6 is 11.8 Å². The summed E-state index contributed by atoms with van der Waals surface area (Å²) in [7, 11) is 3.23. The first-order valence-corrected chi connectivity index (χ1v) is 12.6. The molecular weight excluding hydrogens is 484 g/mol. The predicted octanol–water partition coefficient (Wildman–Crippen LogP) is 3.89. The van der Waals surface area contributed by atoms with Gasteiger partial charge < -0.3 is 21.1 Å². The lowest BCUT2D eigenvalue weighted by Crippen LogP contribution is -2.21. The monoisotopic (exact) mass is 513 g/mol. The smallest absolute Gasteiger partial charge is 0.280 e. The Bertz CT molecular complexity index is 1220. The Balaban J connectivity index is 1.68. The standard InChI is InChI=1S/C26H29F2N5O2S/c1-33-10-9-18(25(33)34)16-6-7-17(13-32-26(30)36-23(29)8-5-15-3-4-15)19(11-16)20-12-21(24(27)28)31-14-22(20)35-2/h6-7,11-12,14-15,18,23-24H,3-4,9-10,13,29H2,1-2H3,(H2,30,32). The van der Waals surface area contributed by atoms with Crippen molar-refractivity contribution >= 4 is 22.8 Å². The number of amides is 1. The number of ether oxygens (including phenoxy) is 1. The molecule has 1 aromatic carbocycles. The zero-order valence-electron chi connectivity index (χ0n) is 20.2. The second-order valence-corrected chi connectivity index (χ2v) is 10.0. The molecule has 2 atom stereocenters. The molecule has 2 aromatic rings. The van der Waals surface area contributed by atoms with Crippen LogP contribution in [0.15, 0.2) is 35.5 Å². The van der Waals surface area contributed by atoms with E-state index in [9.17, 15) is 13.6 Å². The van der Waals surface area contributed by atoms with Crippen molar-refractivity contribution in [3.63, 3.8) is 0 Å². The highest BCUT2D eigenvalue weighted by Crippen LogP contribution is 2.38. The Labute approximate surface area is 213 Å². The lowest BCUT2D eigenvalue weighted by molar-refractivity contribution is -0.127. The first kappa shape index (κ1) is 25.9. The molecule has 2 aliphatic rings.